The predicted molar refractivity (Wildman–Crippen MR) is 62.9 cm³/mol. The molecule has 0 aromatic carbocycles. The van der Waals surface area contributed by atoms with Gasteiger partial charge in [0.05, 0.1) is 13.2 Å². The Balaban J connectivity index is 2.79. The van der Waals surface area contributed by atoms with E-state index in [1.54, 1.807) is 13.8 Å². The Morgan fingerprint density at radius 1 is 1.28 bits per heavy atom. The largest absolute Gasteiger partial charge is 0.464 e. The third kappa shape index (κ3) is 3.21. The molecule has 0 spiro atoms. The van der Waals surface area contributed by atoms with E-state index in [1.165, 1.54) is 4.90 Å². The van der Waals surface area contributed by atoms with Crippen LogP contribution in [-0.4, -0.2) is 49.0 Å². The average Bonchev–Trinajstić information content (AvgIpc) is 2.74. The number of carbonyl (C=O) groups is 3. The van der Waals surface area contributed by atoms with Gasteiger partial charge in [0.25, 0.3) is 0 Å². The third-order valence-corrected chi connectivity index (χ3v) is 2.95. The van der Waals surface area contributed by atoms with Crippen molar-refractivity contribution in [1.29, 1.82) is 0 Å². The molecular formula is C12H19NO5. The van der Waals surface area contributed by atoms with Crippen LogP contribution in [0.2, 0.25) is 0 Å². The minimum atomic E-state index is -0.700. The van der Waals surface area contributed by atoms with Gasteiger partial charge in [-0.15, -0.1) is 0 Å². The van der Waals surface area contributed by atoms with Gasteiger partial charge in [-0.3, -0.25) is 4.90 Å². The van der Waals surface area contributed by atoms with Gasteiger partial charge >= 0.3 is 12.1 Å². The molecule has 0 radical (unpaired) electrons. The summed E-state index contributed by atoms with van der Waals surface area (Å²) in [5.41, 5.74) is 0. The predicted octanol–water partition coefficient (Wildman–Crippen LogP) is 0.986. The van der Waals surface area contributed by atoms with Crippen molar-refractivity contribution in [3.8, 4) is 0 Å². The zero-order valence-corrected chi connectivity index (χ0v) is 10.8. The lowest BCUT2D eigenvalue weighted by Gasteiger charge is -2.24. The van der Waals surface area contributed by atoms with E-state index < -0.39 is 18.1 Å². The van der Waals surface area contributed by atoms with Crippen LogP contribution in [0.15, 0.2) is 0 Å². The lowest BCUT2D eigenvalue weighted by molar-refractivity contribution is -0.149. The van der Waals surface area contributed by atoms with Crippen LogP contribution in [-0.2, 0) is 19.1 Å². The van der Waals surface area contributed by atoms with Crippen LogP contribution in [0.25, 0.3) is 0 Å². The van der Waals surface area contributed by atoms with Crippen molar-refractivity contribution in [2.45, 2.75) is 32.7 Å². The maximum absolute atomic E-state index is 11.9. The molecule has 0 aromatic heterocycles. The van der Waals surface area contributed by atoms with E-state index in [4.69, 9.17) is 9.47 Å². The van der Waals surface area contributed by atoms with Gasteiger partial charge in [0.1, 0.15) is 12.3 Å². The van der Waals surface area contributed by atoms with Crippen LogP contribution in [0.3, 0.4) is 0 Å². The minimum Gasteiger partial charge on any atom is -0.464 e. The normalized spacial score (nSPS) is 22.7. The number of aldehydes is 1. The highest BCUT2D eigenvalue weighted by atomic mass is 16.6. The minimum absolute atomic E-state index is 0.175. The molecule has 6 heteroatoms. The van der Waals surface area contributed by atoms with E-state index in [1.807, 2.05) is 0 Å². The fourth-order valence-corrected chi connectivity index (χ4v) is 2.19. The number of likely N-dealkylation sites (tertiary alicyclic amines) is 1. The molecule has 0 aliphatic carbocycles. The first kappa shape index (κ1) is 14.5. The summed E-state index contributed by atoms with van der Waals surface area (Å²) in [5, 5.41) is 0. The molecule has 0 aromatic rings. The Bertz CT molecular complexity index is 318. The quantitative estimate of drug-likeness (QED) is 0.542. The summed E-state index contributed by atoms with van der Waals surface area (Å²) in [6, 6.07) is -0.700. The van der Waals surface area contributed by atoms with Gasteiger partial charge in [-0.05, 0) is 26.2 Å². The molecular weight excluding hydrogens is 238 g/mol. The Kier molecular flexibility index (Phi) is 5.61. The summed E-state index contributed by atoms with van der Waals surface area (Å²) in [5.74, 6) is -0.638. The number of rotatable bonds is 5. The van der Waals surface area contributed by atoms with Crippen molar-refractivity contribution < 1.29 is 23.9 Å². The molecule has 1 amide bonds. The maximum Gasteiger partial charge on any atom is 0.410 e. The smallest absolute Gasteiger partial charge is 0.410 e. The molecule has 18 heavy (non-hydrogen) atoms. The number of carbonyl (C=O) groups excluding carboxylic acids is 3. The molecule has 0 N–H and O–H groups in total. The molecule has 1 fully saturated rings. The fourth-order valence-electron chi connectivity index (χ4n) is 2.19. The van der Waals surface area contributed by atoms with Crippen molar-refractivity contribution in [3.05, 3.63) is 0 Å². The van der Waals surface area contributed by atoms with Gasteiger partial charge in [0, 0.05) is 13.0 Å². The third-order valence-electron chi connectivity index (χ3n) is 2.95. The highest BCUT2D eigenvalue weighted by Gasteiger charge is 2.43. The molecule has 1 heterocycles. The summed E-state index contributed by atoms with van der Waals surface area (Å²) < 4.78 is 9.86. The Morgan fingerprint density at radius 2 is 1.94 bits per heavy atom. The first-order valence-corrected chi connectivity index (χ1v) is 6.19. The zero-order chi connectivity index (χ0) is 13.5. The first-order chi connectivity index (χ1) is 8.65. The number of esters is 1. The molecule has 1 rings (SSSR count). The second kappa shape index (κ2) is 6.98. The summed E-state index contributed by atoms with van der Waals surface area (Å²) in [4.78, 5) is 35.5. The molecule has 2 atom stereocenters. The van der Waals surface area contributed by atoms with Crippen LogP contribution >= 0.6 is 0 Å². The van der Waals surface area contributed by atoms with Crippen molar-refractivity contribution in [2.24, 2.45) is 5.92 Å². The van der Waals surface area contributed by atoms with E-state index in [0.29, 0.717) is 13.0 Å². The molecule has 0 unspecified atom stereocenters. The Labute approximate surface area is 106 Å². The number of nitrogens with zero attached hydrogens (tertiary/aromatic N) is 1. The van der Waals surface area contributed by atoms with Crippen molar-refractivity contribution >= 4 is 18.3 Å². The van der Waals surface area contributed by atoms with Crippen LogP contribution in [0.1, 0.15) is 26.7 Å². The van der Waals surface area contributed by atoms with Gasteiger partial charge < -0.3 is 14.3 Å². The highest BCUT2D eigenvalue weighted by Crippen LogP contribution is 2.28. The van der Waals surface area contributed by atoms with Crippen molar-refractivity contribution in [1.82, 2.24) is 4.90 Å². The second-order valence-corrected chi connectivity index (χ2v) is 4.04. The van der Waals surface area contributed by atoms with E-state index in [9.17, 15) is 14.4 Å². The Hall–Kier alpha value is -1.59. The number of hydrogen-bond donors (Lipinski definition) is 0. The van der Waals surface area contributed by atoms with E-state index in [0.717, 1.165) is 6.29 Å². The molecule has 1 aliphatic rings. The number of ether oxygens (including phenoxy) is 2. The molecule has 0 bridgehead atoms. The molecule has 102 valence electrons. The molecule has 1 aliphatic heterocycles. The first-order valence-electron chi connectivity index (χ1n) is 6.19. The zero-order valence-electron chi connectivity index (χ0n) is 10.8. The highest BCUT2D eigenvalue weighted by molar-refractivity contribution is 5.83. The lowest BCUT2D eigenvalue weighted by Crippen LogP contribution is -2.44. The SMILES string of the molecule is CCOC(=O)[C@@H]1[C@@H](CC=O)CCN1C(=O)OCC. The van der Waals surface area contributed by atoms with Crippen LogP contribution in [0.4, 0.5) is 4.79 Å². The maximum atomic E-state index is 11.9. The summed E-state index contributed by atoms with van der Waals surface area (Å²) >= 11 is 0. The van der Waals surface area contributed by atoms with Gasteiger partial charge in [-0.25, -0.2) is 9.59 Å². The van der Waals surface area contributed by atoms with Gasteiger partial charge in [0.2, 0.25) is 0 Å². The van der Waals surface area contributed by atoms with Gasteiger partial charge in [-0.2, -0.15) is 0 Å². The van der Waals surface area contributed by atoms with E-state index >= 15 is 0 Å². The van der Waals surface area contributed by atoms with Gasteiger partial charge in [-0.1, -0.05) is 0 Å². The van der Waals surface area contributed by atoms with Crippen LogP contribution in [0.5, 0.6) is 0 Å². The summed E-state index contributed by atoms with van der Waals surface area (Å²) in [6.45, 7) is 4.33. The van der Waals surface area contributed by atoms with E-state index in [-0.39, 0.29) is 25.6 Å². The Morgan fingerprint density at radius 3 is 2.50 bits per heavy atom. The van der Waals surface area contributed by atoms with Crippen LogP contribution < -0.4 is 0 Å². The van der Waals surface area contributed by atoms with E-state index in [2.05, 4.69) is 0 Å². The van der Waals surface area contributed by atoms with Gasteiger partial charge in [0.15, 0.2) is 0 Å². The molecule has 0 saturated carbocycles. The molecule has 6 nitrogen and oxygen atoms in total. The summed E-state index contributed by atoms with van der Waals surface area (Å²) in [6.07, 6.45) is 1.11. The lowest BCUT2D eigenvalue weighted by atomic mass is 9.97. The topological polar surface area (TPSA) is 72.9 Å². The van der Waals surface area contributed by atoms with Crippen molar-refractivity contribution in [3.63, 3.8) is 0 Å². The fraction of sp³-hybridized carbons (Fsp3) is 0.750. The number of amides is 1. The number of hydrogen-bond acceptors (Lipinski definition) is 5. The monoisotopic (exact) mass is 257 g/mol. The van der Waals surface area contributed by atoms with Crippen LogP contribution in [0, 0.1) is 5.92 Å². The standard InChI is InChI=1S/C12H19NO5/c1-3-17-11(15)10-9(6-8-14)5-7-13(10)12(16)18-4-2/h8-10H,3-7H2,1-2H3/t9-,10+/m1/s1. The average molecular weight is 257 g/mol. The summed E-state index contributed by atoms with van der Waals surface area (Å²) in [7, 11) is 0. The van der Waals surface area contributed by atoms with Crippen molar-refractivity contribution in [2.75, 3.05) is 19.8 Å². The molecule has 1 saturated heterocycles. The second-order valence-electron chi connectivity index (χ2n) is 4.04.